The maximum absolute atomic E-state index is 11.3. The summed E-state index contributed by atoms with van der Waals surface area (Å²) in [5, 5.41) is 11.4. The molecule has 0 aliphatic carbocycles. The van der Waals surface area contributed by atoms with Crippen LogP contribution in [0.5, 0.6) is 0 Å². The second-order valence-electron chi connectivity index (χ2n) is 3.03. The van der Waals surface area contributed by atoms with E-state index < -0.39 is 18.0 Å². The molecule has 2 N–H and O–H groups in total. The minimum Gasteiger partial charge on any atom is -0.478 e. The summed E-state index contributed by atoms with van der Waals surface area (Å²) in [6.07, 6.45) is 0.591. The van der Waals surface area contributed by atoms with Crippen LogP contribution < -0.4 is 5.32 Å². The van der Waals surface area contributed by atoms with Gasteiger partial charge in [0.2, 0.25) is 0 Å². The Bertz CT molecular complexity index is 285. The lowest BCUT2D eigenvalue weighted by Crippen LogP contribution is -2.28. The predicted octanol–water partition coefficient (Wildman–Crippen LogP) is -0.621. The molecule has 0 atom stereocenters. The topological polar surface area (TPSA) is 94.1 Å². The summed E-state index contributed by atoms with van der Waals surface area (Å²) in [4.78, 5) is 22.1. The number of ether oxygens (including phenoxy) is 3. The molecule has 0 aliphatic rings. The molecule has 7 nitrogen and oxygen atoms in total. The van der Waals surface area contributed by atoms with Gasteiger partial charge in [-0.15, -0.1) is 0 Å². The van der Waals surface area contributed by atoms with Crippen molar-refractivity contribution in [2.24, 2.45) is 0 Å². The molecule has 0 fully saturated rings. The number of carbonyl (C=O) groups excluding carboxylic acids is 1. The fourth-order valence-corrected chi connectivity index (χ4v) is 0.990. The number of hydrogen-bond acceptors (Lipinski definition) is 6. The lowest BCUT2D eigenvalue weighted by Gasteiger charge is -2.13. The van der Waals surface area contributed by atoms with Crippen LogP contribution in [0.25, 0.3) is 0 Å². The number of rotatable bonds is 9. The van der Waals surface area contributed by atoms with Gasteiger partial charge >= 0.3 is 5.97 Å². The smallest absolute Gasteiger partial charge is 0.340 e. The summed E-state index contributed by atoms with van der Waals surface area (Å²) in [6.45, 7) is -0.0537. The SMILES string of the molecule is COCC(=O)C(=CNCC(OC)OC)C(=O)O. The zero-order valence-electron chi connectivity index (χ0n) is 10.1. The first-order chi connectivity index (χ1) is 8.06. The van der Waals surface area contributed by atoms with Crippen LogP contribution in [0.15, 0.2) is 11.8 Å². The number of methoxy groups -OCH3 is 3. The molecule has 0 unspecified atom stereocenters. The van der Waals surface area contributed by atoms with E-state index in [1.165, 1.54) is 21.3 Å². The molecule has 0 aromatic heterocycles. The summed E-state index contributed by atoms with van der Waals surface area (Å²) >= 11 is 0. The molecule has 0 amide bonds. The van der Waals surface area contributed by atoms with Crippen LogP contribution in [0.2, 0.25) is 0 Å². The van der Waals surface area contributed by atoms with Crippen molar-refractivity contribution in [1.82, 2.24) is 5.32 Å². The minimum absolute atomic E-state index is 0.226. The van der Waals surface area contributed by atoms with Crippen LogP contribution >= 0.6 is 0 Å². The highest BCUT2D eigenvalue weighted by Gasteiger charge is 2.16. The molecule has 0 rings (SSSR count). The summed E-state index contributed by atoms with van der Waals surface area (Å²) < 4.78 is 14.3. The Morgan fingerprint density at radius 2 is 1.88 bits per heavy atom. The molecule has 0 aromatic rings. The minimum atomic E-state index is -1.31. The van der Waals surface area contributed by atoms with E-state index in [0.29, 0.717) is 0 Å². The molecule has 0 radical (unpaired) electrons. The molecule has 0 bridgehead atoms. The predicted molar refractivity (Wildman–Crippen MR) is 58.4 cm³/mol. The first-order valence-corrected chi connectivity index (χ1v) is 4.81. The fourth-order valence-electron chi connectivity index (χ4n) is 0.990. The highest BCUT2D eigenvalue weighted by molar-refractivity contribution is 6.17. The summed E-state index contributed by atoms with van der Waals surface area (Å²) in [6, 6.07) is 0. The van der Waals surface area contributed by atoms with Gasteiger partial charge in [0.1, 0.15) is 12.2 Å². The Labute approximate surface area is 99.3 Å². The van der Waals surface area contributed by atoms with Crippen molar-refractivity contribution in [3.8, 4) is 0 Å². The first-order valence-electron chi connectivity index (χ1n) is 4.81. The third-order valence-electron chi connectivity index (χ3n) is 1.86. The number of carboxylic acids is 1. The average molecular weight is 247 g/mol. The number of hydrogen-bond donors (Lipinski definition) is 2. The van der Waals surface area contributed by atoms with Crippen LogP contribution in [0.3, 0.4) is 0 Å². The largest absolute Gasteiger partial charge is 0.478 e. The van der Waals surface area contributed by atoms with Crippen LogP contribution in [0, 0.1) is 0 Å². The van der Waals surface area contributed by atoms with Gasteiger partial charge in [-0.1, -0.05) is 0 Å². The van der Waals surface area contributed by atoms with Crippen molar-refractivity contribution in [3.63, 3.8) is 0 Å². The molecule has 0 aliphatic heterocycles. The normalized spacial score (nSPS) is 11.6. The van der Waals surface area contributed by atoms with E-state index in [1.807, 2.05) is 0 Å². The molecule has 98 valence electrons. The van der Waals surface area contributed by atoms with Crippen LogP contribution in [0.4, 0.5) is 0 Å². The Balaban J connectivity index is 4.41. The van der Waals surface area contributed by atoms with Gasteiger partial charge in [-0.2, -0.15) is 0 Å². The van der Waals surface area contributed by atoms with Gasteiger partial charge in [-0.3, -0.25) is 4.79 Å². The number of carboxylic acid groups (broad SMARTS) is 1. The van der Waals surface area contributed by atoms with Gasteiger partial charge in [-0.05, 0) is 0 Å². The van der Waals surface area contributed by atoms with E-state index >= 15 is 0 Å². The molecule has 0 saturated carbocycles. The molecule has 0 aromatic carbocycles. The lowest BCUT2D eigenvalue weighted by molar-refractivity contribution is -0.135. The number of ketones is 1. The average Bonchev–Trinajstić information content (AvgIpc) is 2.29. The fraction of sp³-hybridized carbons (Fsp3) is 0.600. The van der Waals surface area contributed by atoms with Crippen molar-refractivity contribution in [3.05, 3.63) is 11.8 Å². The highest BCUT2D eigenvalue weighted by Crippen LogP contribution is 1.97. The second kappa shape index (κ2) is 8.68. The maximum Gasteiger partial charge on any atom is 0.340 e. The molecular formula is C10H17NO6. The van der Waals surface area contributed by atoms with Crippen LogP contribution in [0.1, 0.15) is 0 Å². The van der Waals surface area contributed by atoms with E-state index in [4.69, 9.17) is 14.6 Å². The molecule has 0 heterocycles. The number of aliphatic carboxylic acids is 1. The van der Waals surface area contributed by atoms with Crippen molar-refractivity contribution in [2.45, 2.75) is 6.29 Å². The Morgan fingerprint density at radius 3 is 2.29 bits per heavy atom. The summed E-state index contributed by atoms with van der Waals surface area (Å²) in [5.74, 6) is -1.93. The van der Waals surface area contributed by atoms with Crippen molar-refractivity contribution < 1.29 is 28.9 Å². The standard InChI is InChI=1S/C10H17NO6/c1-15-6-8(12)7(10(13)14)4-11-5-9(16-2)17-3/h4,9,11H,5-6H2,1-3H3,(H,13,14). The van der Waals surface area contributed by atoms with E-state index in [2.05, 4.69) is 10.1 Å². The Hall–Kier alpha value is -1.44. The Kier molecular flexibility index (Phi) is 7.95. The van der Waals surface area contributed by atoms with E-state index in [1.54, 1.807) is 0 Å². The molecule has 0 saturated heterocycles. The number of carbonyl (C=O) groups is 2. The third-order valence-corrected chi connectivity index (χ3v) is 1.86. The van der Waals surface area contributed by atoms with Gasteiger partial charge in [0.25, 0.3) is 0 Å². The van der Waals surface area contributed by atoms with Gasteiger partial charge in [0.05, 0.1) is 6.54 Å². The van der Waals surface area contributed by atoms with Gasteiger partial charge in [0.15, 0.2) is 12.1 Å². The number of nitrogens with one attached hydrogen (secondary N) is 1. The van der Waals surface area contributed by atoms with Gasteiger partial charge in [-0.25, -0.2) is 4.79 Å². The number of Topliss-reactive ketones (excluding diaryl/α,β-unsaturated/α-hetero) is 1. The van der Waals surface area contributed by atoms with Crippen LogP contribution in [-0.4, -0.2) is 57.6 Å². The molecular weight excluding hydrogens is 230 g/mol. The third kappa shape index (κ3) is 6.00. The second-order valence-corrected chi connectivity index (χ2v) is 3.03. The van der Waals surface area contributed by atoms with E-state index in [-0.39, 0.29) is 18.7 Å². The van der Waals surface area contributed by atoms with Gasteiger partial charge in [0, 0.05) is 27.5 Å². The van der Waals surface area contributed by atoms with E-state index in [0.717, 1.165) is 6.20 Å². The quantitative estimate of drug-likeness (QED) is 0.243. The first kappa shape index (κ1) is 15.6. The molecule has 0 spiro atoms. The summed E-state index contributed by atoms with van der Waals surface area (Å²) in [7, 11) is 4.22. The van der Waals surface area contributed by atoms with Gasteiger partial charge < -0.3 is 24.6 Å². The van der Waals surface area contributed by atoms with Crippen LogP contribution in [-0.2, 0) is 23.8 Å². The van der Waals surface area contributed by atoms with E-state index in [9.17, 15) is 9.59 Å². The van der Waals surface area contributed by atoms with Crippen molar-refractivity contribution in [2.75, 3.05) is 34.5 Å². The van der Waals surface area contributed by atoms with Crippen molar-refractivity contribution in [1.29, 1.82) is 0 Å². The lowest BCUT2D eigenvalue weighted by atomic mass is 10.2. The maximum atomic E-state index is 11.3. The monoisotopic (exact) mass is 247 g/mol. The zero-order chi connectivity index (χ0) is 13.3. The van der Waals surface area contributed by atoms with Crippen molar-refractivity contribution >= 4 is 11.8 Å². The molecule has 7 heteroatoms. The summed E-state index contributed by atoms with van der Waals surface area (Å²) in [5.41, 5.74) is -0.377. The molecule has 17 heavy (non-hydrogen) atoms. The zero-order valence-corrected chi connectivity index (χ0v) is 10.1. The Morgan fingerprint density at radius 1 is 1.29 bits per heavy atom. The highest BCUT2D eigenvalue weighted by atomic mass is 16.7.